The molecule has 0 bridgehead atoms. The van der Waals surface area contributed by atoms with Gasteiger partial charge in [-0.15, -0.1) is 24.8 Å². The monoisotopic (exact) mass is 404 g/mol. The van der Waals surface area contributed by atoms with Crippen LogP contribution < -0.4 is 5.73 Å². The first-order chi connectivity index (χ1) is 11.4. The van der Waals surface area contributed by atoms with Gasteiger partial charge in [0, 0.05) is 26.2 Å². The van der Waals surface area contributed by atoms with Crippen molar-refractivity contribution in [2.24, 2.45) is 5.73 Å². The Bertz CT molecular complexity index is 594. The molecule has 0 spiro atoms. The Hall–Kier alpha value is -0.985. The SMILES string of the molecule is Cl.Cl.[B]C(CCCO)C(N)(CCN1CCc2ccc(O)cc2C1)C(=O)O. The Balaban J connectivity index is 0.00000312. The molecule has 0 aromatic heterocycles. The third-order valence-corrected chi connectivity index (χ3v) is 4.86. The molecule has 0 aliphatic carbocycles. The van der Waals surface area contributed by atoms with E-state index < -0.39 is 17.3 Å². The standard InChI is InChI=1S/C17H25BN2O4.2ClH/c18-15(2-1-9-21)17(19,16(23)24)6-8-20-7-5-12-3-4-14(22)10-13(12)11-20;;/h3-4,10,15,21-22H,1-2,5-9,11,19H2,(H,23,24);2*1H. The lowest BCUT2D eigenvalue weighted by Gasteiger charge is -2.35. The number of nitrogens with zero attached hydrogens (tertiary/aromatic N) is 1. The van der Waals surface area contributed by atoms with Gasteiger partial charge >= 0.3 is 5.97 Å². The van der Waals surface area contributed by atoms with Gasteiger partial charge in [-0.2, -0.15) is 0 Å². The van der Waals surface area contributed by atoms with Crippen LogP contribution in [-0.4, -0.2) is 59.3 Å². The van der Waals surface area contributed by atoms with E-state index in [1.165, 1.54) is 5.56 Å². The van der Waals surface area contributed by atoms with Crippen molar-refractivity contribution < 1.29 is 20.1 Å². The van der Waals surface area contributed by atoms with Crippen molar-refractivity contribution >= 4 is 38.6 Å². The molecule has 1 aliphatic heterocycles. The molecule has 0 saturated heterocycles. The van der Waals surface area contributed by atoms with E-state index in [1.54, 1.807) is 12.1 Å². The molecule has 0 saturated carbocycles. The summed E-state index contributed by atoms with van der Waals surface area (Å²) in [6, 6.07) is 5.36. The van der Waals surface area contributed by atoms with E-state index in [1.807, 2.05) is 6.07 Å². The van der Waals surface area contributed by atoms with Crippen molar-refractivity contribution in [2.45, 2.75) is 43.6 Å². The Morgan fingerprint density at radius 1 is 1.35 bits per heavy atom. The third kappa shape index (κ3) is 6.03. The maximum Gasteiger partial charge on any atom is 0.323 e. The van der Waals surface area contributed by atoms with E-state index in [-0.39, 0.29) is 43.6 Å². The van der Waals surface area contributed by atoms with E-state index >= 15 is 0 Å². The van der Waals surface area contributed by atoms with Gasteiger partial charge in [0.1, 0.15) is 11.3 Å². The van der Waals surface area contributed by atoms with Crippen LogP contribution in [-0.2, 0) is 17.8 Å². The lowest BCUT2D eigenvalue weighted by atomic mass is 9.67. The molecule has 2 atom stereocenters. The summed E-state index contributed by atoms with van der Waals surface area (Å²) in [6.45, 7) is 1.96. The molecule has 2 radical (unpaired) electrons. The average Bonchev–Trinajstić information content (AvgIpc) is 2.56. The zero-order valence-electron chi connectivity index (χ0n) is 14.6. The smallest absolute Gasteiger partial charge is 0.323 e. The van der Waals surface area contributed by atoms with Crippen LogP contribution in [0.3, 0.4) is 0 Å². The van der Waals surface area contributed by atoms with E-state index in [4.69, 9.17) is 18.7 Å². The number of benzene rings is 1. The van der Waals surface area contributed by atoms with Crippen LogP contribution in [0.25, 0.3) is 0 Å². The number of nitrogens with two attached hydrogens (primary N) is 1. The molecule has 0 fully saturated rings. The lowest BCUT2D eigenvalue weighted by molar-refractivity contribution is -0.144. The summed E-state index contributed by atoms with van der Waals surface area (Å²) < 4.78 is 0. The summed E-state index contributed by atoms with van der Waals surface area (Å²) >= 11 is 0. The Kier molecular flexibility index (Phi) is 10.6. The van der Waals surface area contributed by atoms with Gasteiger partial charge in [-0.25, -0.2) is 0 Å². The van der Waals surface area contributed by atoms with Crippen LogP contribution >= 0.6 is 24.8 Å². The first-order valence-corrected chi connectivity index (χ1v) is 8.28. The highest BCUT2D eigenvalue weighted by Gasteiger charge is 2.39. The molecule has 2 unspecified atom stereocenters. The van der Waals surface area contributed by atoms with Crippen LogP contribution in [0.15, 0.2) is 18.2 Å². The predicted octanol–water partition coefficient (Wildman–Crippen LogP) is 1.50. The minimum absolute atomic E-state index is 0. The minimum Gasteiger partial charge on any atom is -0.508 e. The highest BCUT2D eigenvalue weighted by atomic mass is 35.5. The summed E-state index contributed by atoms with van der Waals surface area (Å²) in [5.41, 5.74) is 6.85. The number of aromatic hydroxyl groups is 1. The fourth-order valence-corrected chi connectivity index (χ4v) is 3.16. The third-order valence-electron chi connectivity index (χ3n) is 4.86. The molecule has 1 heterocycles. The largest absolute Gasteiger partial charge is 0.508 e. The number of carboxylic acid groups (broad SMARTS) is 1. The maximum atomic E-state index is 11.6. The number of rotatable bonds is 8. The molecule has 9 heteroatoms. The second-order valence-electron chi connectivity index (χ2n) is 6.55. The van der Waals surface area contributed by atoms with Crippen LogP contribution in [0.2, 0.25) is 5.82 Å². The molecule has 1 aromatic rings. The van der Waals surface area contributed by atoms with Crippen molar-refractivity contribution in [3.63, 3.8) is 0 Å². The fourth-order valence-electron chi connectivity index (χ4n) is 3.16. The van der Waals surface area contributed by atoms with Crippen molar-refractivity contribution in [3.8, 4) is 5.75 Å². The number of phenolic OH excluding ortho intramolecular Hbond substituents is 1. The van der Waals surface area contributed by atoms with Crippen molar-refractivity contribution in [1.82, 2.24) is 4.90 Å². The van der Waals surface area contributed by atoms with E-state index in [9.17, 15) is 15.0 Å². The van der Waals surface area contributed by atoms with Crippen molar-refractivity contribution in [2.75, 3.05) is 19.7 Å². The van der Waals surface area contributed by atoms with Gasteiger partial charge in [-0.3, -0.25) is 9.69 Å². The second kappa shape index (κ2) is 11.0. The molecule has 6 nitrogen and oxygen atoms in total. The zero-order chi connectivity index (χ0) is 17.7. The molecule has 5 N–H and O–H groups in total. The summed E-state index contributed by atoms with van der Waals surface area (Å²) in [5, 5.41) is 28.0. The van der Waals surface area contributed by atoms with Crippen molar-refractivity contribution in [3.05, 3.63) is 29.3 Å². The zero-order valence-corrected chi connectivity index (χ0v) is 16.3. The lowest BCUT2D eigenvalue weighted by Crippen LogP contribution is -2.53. The van der Waals surface area contributed by atoms with Crippen LogP contribution in [0, 0.1) is 0 Å². The number of aliphatic hydroxyl groups excluding tert-OH is 1. The van der Waals surface area contributed by atoms with Gasteiger partial charge in [-0.05, 0) is 48.3 Å². The number of hydrogen-bond donors (Lipinski definition) is 4. The first kappa shape index (κ1) is 25.0. The topological polar surface area (TPSA) is 107 Å². The van der Waals surface area contributed by atoms with E-state index in [2.05, 4.69) is 4.90 Å². The number of carbonyl (C=O) groups is 1. The first-order valence-electron chi connectivity index (χ1n) is 8.28. The summed E-state index contributed by atoms with van der Waals surface area (Å²) in [6.07, 6.45) is 1.90. The van der Waals surface area contributed by atoms with Gasteiger partial charge in [0.15, 0.2) is 0 Å². The van der Waals surface area contributed by atoms with E-state index in [0.29, 0.717) is 25.9 Å². The summed E-state index contributed by atoms with van der Waals surface area (Å²) in [4.78, 5) is 13.8. The number of halogens is 2. The maximum absolute atomic E-state index is 11.6. The Morgan fingerprint density at radius 2 is 2.04 bits per heavy atom. The molecule has 1 aromatic carbocycles. The molecule has 146 valence electrons. The second-order valence-corrected chi connectivity index (χ2v) is 6.55. The highest BCUT2D eigenvalue weighted by molar-refractivity contribution is 6.15. The molecular formula is C17H27BCl2N2O4. The molecular weight excluding hydrogens is 378 g/mol. The van der Waals surface area contributed by atoms with Crippen LogP contribution in [0.4, 0.5) is 0 Å². The quantitative estimate of drug-likeness (QED) is 0.489. The highest BCUT2D eigenvalue weighted by Crippen LogP contribution is 2.29. The van der Waals surface area contributed by atoms with Gasteiger partial charge in [0.25, 0.3) is 0 Å². The Labute approximate surface area is 168 Å². The van der Waals surface area contributed by atoms with Gasteiger partial charge in [0.2, 0.25) is 0 Å². The van der Waals surface area contributed by atoms with E-state index in [0.717, 1.165) is 18.5 Å². The van der Waals surface area contributed by atoms with Crippen LogP contribution in [0.1, 0.15) is 30.4 Å². The number of carboxylic acids is 1. The number of phenols is 1. The molecule has 0 amide bonds. The molecule has 1 aliphatic rings. The van der Waals surface area contributed by atoms with Crippen molar-refractivity contribution in [1.29, 1.82) is 0 Å². The number of fused-ring (bicyclic) bond motifs is 1. The predicted molar refractivity (Wildman–Crippen MR) is 107 cm³/mol. The summed E-state index contributed by atoms with van der Waals surface area (Å²) in [7, 11) is 5.98. The number of aliphatic hydroxyl groups is 1. The normalized spacial score (nSPS) is 17.2. The average molecular weight is 405 g/mol. The number of aliphatic carboxylic acids is 1. The number of hydrogen-bond acceptors (Lipinski definition) is 5. The Morgan fingerprint density at radius 3 is 2.65 bits per heavy atom. The van der Waals surface area contributed by atoms with Crippen LogP contribution in [0.5, 0.6) is 5.75 Å². The van der Waals surface area contributed by atoms with Gasteiger partial charge in [-0.1, -0.05) is 12.5 Å². The fraction of sp³-hybridized carbons (Fsp3) is 0.588. The summed E-state index contributed by atoms with van der Waals surface area (Å²) in [5.74, 6) is -1.58. The molecule has 26 heavy (non-hydrogen) atoms. The molecule has 2 rings (SSSR count). The van der Waals surface area contributed by atoms with Gasteiger partial charge in [0.05, 0.1) is 7.85 Å². The minimum atomic E-state index is -1.51. The van der Waals surface area contributed by atoms with Gasteiger partial charge < -0.3 is 21.1 Å².